The molecule has 156 valence electrons. The van der Waals surface area contributed by atoms with Gasteiger partial charge in [-0.05, 0) is 37.6 Å². The summed E-state index contributed by atoms with van der Waals surface area (Å²) in [6.45, 7) is 4.46. The minimum Gasteiger partial charge on any atom is -0.307 e. The summed E-state index contributed by atoms with van der Waals surface area (Å²) in [5.74, 6) is 0. The molecule has 1 aliphatic heterocycles. The number of urea groups is 1. The number of anilines is 2. The number of amides is 2. The Bertz CT molecular complexity index is 1190. The van der Waals surface area contributed by atoms with Crippen molar-refractivity contribution in [3.8, 4) is 0 Å². The molecule has 0 radical (unpaired) electrons. The predicted octanol–water partition coefficient (Wildman–Crippen LogP) is 4.15. The van der Waals surface area contributed by atoms with Crippen LogP contribution in [0.1, 0.15) is 21.7 Å². The average Bonchev–Trinajstić information content (AvgIpc) is 3.11. The van der Waals surface area contributed by atoms with Gasteiger partial charge in [-0.1, -0.05) is 47.2 Å². The monoisotopic (exact) mass is 442 g/mol. The second-order valence-corrected chi connectivity index (χ2v) is 10.2. The lowest BCUT2D eigenvalue weighted by molar-refractivity contribution is 0.262. The molecule has 0 aliphatic carbocycles. The van der Waals surface area contributed by atoms with E-state index in [1.807, 2.05) is 38.1 Å². The fourth-order valence-electron chi connectivity index (χ4n) is 3.25. The van der Waals surface area contributed by atoms with Crippen molar-refractivity contribution in [2.45, 2.75) is 31.7 Å². The standard InChI is InChI=1S/C21H22N4O3S2/c1-14-7-9-16(10-8-14)30(27,28)25-12-11-18-19(13-25)29-21(23-18)24-20(26)22-17-6-4-3-5-15(17)2/h3-10H,11-13H2,1-2H3,(H2,22,23,24,26). The first-order valence-corrected chi connectivity index (χ1v) is 11.8. The van der Waals surface area contributed by atoms with Gasteiger partial charge in [-0.15, -0.1) is 0 Å². The van der Waals surface area contributed by atoms with Crippen molar-refractivity contribution >= 4 is 38.2 Å². The number of carbonyl (C=O) groups excluding carboxylic acids is 1. The molecular formula is C21H22N4O3S2. The molecule has 3 aromatic rings. The maximum Gasteiger partial charge on any atom is 0.325 e. The lowest BCUT2D eigenvalue weighted by atomic mass is 10.2. The zero-order valence-electron chi connectivity index (χ0n) is 16.7. The molecule has 0 bridgehead atoms. The molecule has 4 rings (SSSR count). The Kier molecular flexibility index (Phi) is 5.59. The summed E-state index contributed by atoms with van der Waals surface area (Å²) in [5.41, 5.74) is 3.54. The zero-order chi connectivity index (χ0) is 21.3. The first kappa shape index (κ1) is 20.5. The molecule has 2 heterocycles. The lowest BCUT2D eigenvalue weighted by Crippen LogP contribution is -2.35. The molecule has 30 heavy (non-hydrogen) atoms. The minimum atomic E-state index is -3.57. The molecule has 9 heteroatoms. The number of carbonyl (C=O) groups is 1. The predicted molar refractivity (Wildman–Crippen MR) is 118 cm³/mol. The SMILES string of the molecule is Cc1ccc(S(=O)(=O)N2CCc3nc(NC(=O)Nc4ccccc4C)sc3C2)cc1. The van der Waals surface area contributed by atoms with Crippen LogP contribution in [-0.4, -0.2) is 30.3 Å². The molecule has 0 spiro atoms. The molecule has 2 aromatic carbocycles. The van der Waals surface area contributed by atoms with Crippen molar-refractivity contribution in [2.75, 3.05) is 17.2 Å². The minimum absolute atomic E-state index is 0.254. The molecule has 0 fully saturated rings. The molecule has 2 amide bonds. The van der Waals surface area contributed by atoms with Crippen LogP contribution in [0.25, 0.3) is 0 Å². The van der Waals surface area contributed by atoms with Gasteiger partial charge in [0, 0.05) is 23.5 Å². The van der Waals surface area contributed by atoms with Gasteiger partial charge in [-0.2, -0.15) is 4.31 Å². The summed E-state index contributed by atoms with van der Waals surface area (Å²) in [6, 6.07) is 14.0. The Labute approximate surface area is 179 Å². The number of aromatic nitrogens is 1. The van der Waals surface area contributed by atoms with E-state index >= 15 is 0 Å². The second kappa shape index (κ2) is 8.17. The van der Waals surface area contributed by atoms with Crippen molar-refractivity contribution < 1.29 is 13.2 Å². The van der Waals surface area contributed by atoms with Gasteiger partial charge in [-0.3, -0.25) is 5.32 Å². The highest BCUT2D eigenvalue weighted by Gasteiger charge is 2.30. The van der Waals surface area contributed by atoms with E-state index in [1.54, 1.807) is 24.3 Å². The number of nitrogens with one attached hydrogen (secondary N) is 2. The van der Waals surface area contributed by atoms with Crippen LogP contribution in [0.4, 0.5) is 15.6 Å². The number of nitrogens with zero attached hydrogens (tertiary/aromatic N) is 2. The van der Waals surface area contributed by atoms with Gasteiger partial charge < -0.3 is 5.32 Å². The molecule has 0 atom stereocenters. The molecule has 0 saturated carbocycles. The molecule has 2 N–H and O–H groups in total. The summed E-state index contributed by atoms with van der Waals surface area (Å²) in [4.78, 5) is 17.9. The number of sulfonamides is 1. The number of rotatable bonds is 4. The van der Waals surface area contributed by atoms with E-state index in [1.165, 1.54) is 15.6 Å². The summed E-state index contributed by atoms with van der Waals surface area (Å²) >= 11 is 1.31. The van der Waals surface area contributed by atoms with Crippen molar-refractivity contribution in [3.63, 3.8) is 0 Å². The Morgan fingerprint density at radius 2 is 1.80 bits per heavy atom. The van der Waals surface area contributed by atoms with Crippen LogP contribution in [0.5, 0.6) is 0 Å². The normalized spacial score (nSPS) is 14.2. The quantitative estimate of drug-likeness (QED) is 0.635. The summed E-state index contributed by atoms with van der Waals surface area (Å²) in [6.07, 6.45) is 0.512. The van der Waals surface area contributed by atoms with Gasteiger partial charge in [0.25, 0.3) is 0 Å². The summed E-state index contributed by atoms with van der Waals surface area (Å²) < 4.78 is 27.4. The van der Waals surface area contributed by atoms with Crippen LogP contribution >= 0.6 is 11.3 Å². The van der Waals surface area contributed by atoms with E-state index in [2.05, 4.69) is 15.6 Å². The Morgan fingerprint density at radius 1 is 1.07 bits per heavy atom. The van der Waals surface area contributed by atoms with Crippen LogP contribution in [-0.2, 0) is 23.0 Å². The van der Waals surface area contributed by atoms with Crippen LogP contribution in [0.3, 0.4) is 0 Å². The van der Waals surface area contributed by atoms with Crippen LogP contribution in [0.15, 0.2) is 53.4 Å². The summed E-state index contributed by atoms with van der Waals surface area (Å²) in [5, 5.41) is 6.02. The third-order valence-electron chi connectivity index (χ3n) is 4.97. The van der Waals surface area contributed by atoms with Gasteiger partial charge in [0.1, 0.15) is 0 Å². The largest absolute Gasteiger partial charge is 0.325 e. The number of para-hydroxylation sites is 1. The van der Waals surface area contributed by atoms with Gasteiger partial charge in [0.05, 0.1) is 17.1 Å². The van der Waals surface area contributed by atoms with Crippen molar-refractivity contribution in [1.29, 1.82) is 0 Å². The van der Waals surface area contributed by atoms with Crippen LogP contribution in [0, 0.1) is 13.8 Å². The van der Waals surface area contributed by atoms with E-state index in [9.17, 15) is 13.2 Å². The number of aryl methyl sites for hydroxylation is 2. The van der Waals surface area contributed by atoms with Crippen molar-refractivity contribution in [2.24, 2.45) is 0 Å². The van der Waals surface area contributed by atoms with E-state index in [0.717, 1.165) is 27.4 Å². The third-order valence-corrected chi connectivity index (χ3v) is 7.83. The first-order valence-electron chi connectivity index (χ1n) is 9.52. The van der Waals surface area contributed by atoms with Gasteiger partial charge in [0.15, 0.2) is 5.13 Å². The smallest absolute Gasteiger partial charge is 0.307 e. The van der Waals surface area contributed by atoms with Crippen molar-refractivity contribution in [3.05, 3.63) is 70.2 Å². The molecule has 1 aromatic heterocycles. The summed E-state index contributed by atoms with van der Waals surface area (Å²) in [7, 11) is -3.57. The Hall–Kier alpha value is -2.75. The molecule has 1 aliphatic rings. The number of fused-ring (bicyclic) bond motifs is 1. The van der Waals surface area contributed by atoms with E-state index < -0.39 is 10.0 Å². The Morgan fingerprint density at radius 3 is 2.53 bits per heavy atom. The lowest BCUT2D eigenvalue weighted by Gasteiger charge is -2.25. The van der Waals surface area contributed by atoms with Crippen LogP contribution < -0.4 is 10.6 Å². The van der Waals surface area contributed by atoms with Gasteiger partial charge >= 0.3 is 6.03 Å². The maximum absolute atomic E-state index is 13.0. The van der Waals surface area contributed by atoms with E-state index in [4.69, 9.17) is 0 Å². The molecular weight excluding hydrogens is 420 g/mol. The highest BCUT2D eigenvalue weighted by Crippen LogP contribution is 2.31. The fraction of sp³-hybridized carbons (Fsp3) is 0.238. The number of hydrogen-bond acceptors (Lipinski definition) is 5. The van der Waals surface area contributed by atoms with Crippen molar-refractivity contribution in [1.82, 2.24) is 9.29 Å². The Balaban J connectivity index is 1.46. The second-order valence-electron chi connectivity index (χ2n) is 7.18. The van der Waals surface area contributed by atoms with E-state index in [0.29, 0.717) is 18.1 Å². The number of hydrogen-bond donors (Lipinski definition) is 2. The topological polar surface area (TPSA) is 91.4 Å². The molecule has 0 unspecified atom stereocenters. The third kappa shape index (κ3) is 4.23. The number of thiazole rings is 1. The van der Waals surface area contributed by atoms with Crippen LogP contribution in [0.2, 0.25) is 0 Å². The molecule has 0 saturated heterocycles. The van der Waals surface area contributed by atoms with Gasteiger partial charge in [0.2, 0.25) is 10.0 Å². The zero-order valence-corrected chi connectivity index (χ0v) is 18.3. The highest BCUT2D eigenvalue weighted by molar-refractivity contribution is 7.89. The maximum atomic E-state index is 13.0. The fourth-order valence-corrected chi connectivity index (χ4v) is 5.76. The van der Waals surface area contributed by atoms with E-state index in [-0.39, 0.29) is 17.5 Å². The average molecular weight is 443 g/mol. The number of benzene rings is 2. The van der Waals surface area contributed by atoms with Gasteiger partial charge in [-0.25, -0.2) is 18.2 Å². The highest BCUT2D eigenvalue weighted by atomic mass is 32.2. The molecule has 7 nitrogen and oxygen atoms in total. The first-order chi connectivity index (χ1) is 14.3.